The van der Waals surface area contributed by atoms with Gasteiger partial charge in [-0.15, -0.1) is 0 Å². The van der Waals surface area contributed by atoms with Gasteiger partial charge in [0, 0.05) is 18.3 Å². The number of benzene rings is 2. The van der Waals surface area contributed by atoms with Crippen molar-refractivity contribution in [2.24, 2.45) is 11.8 Å². The van der Waals surface area contributed by atoms with E-state index in [1.807, 2.05) is 67.6 Å². The van der Waals surface area contributed by atoms with E-state index in [2.05, 4.69) is 10.6 Å². The van der Waals surface area contributed by atoms with Gasteiger partial charge in [0.25, 0.3) is 0 Å². The number of hydrogen-bond donors (Lipinski definition) is 2. The lowest BCUT2D eigenvalue weighted by molar-refractivity contribution is -0.142. The Balaban J connectivity index is 1.31. The van der Waals surface area contributed by atoms with Crippen LogP contribution in [0, 0.1) is 18.8 Å². The van der Waals surface area contributed by atoms with Crippen molar-refractivity contribution in [3.63, 3.8) is 0 Å². The van der Waals surface area contributed by atoms with E-state index in [9.17, 15) is 14.4 Å². The van der Waals surface area contributed by atoms with Gasteiger partial charge < -0.3 is 25.0 Å². The van der Waals surface area contributed by atoms with Crippen LogP contribution < -0.4 is 15.4 Å². The molecule has 5 atom stereocenters. The van der Waals surface area contributed by atoms with Crippen LogP contribution >= 0.6 is 0 Å². The summed E-state index contributed by atoms with van der Waals surface area (Å²) in [4.78, 5) is 43.3. The number of amides is 3. The first-order chi connectivity index (χ1) is 18.9. The molecule has 3 aliphatic heterocycles. The van der Waals surface area contributed by atoms with Crippen LogP contribution in [0.5, 0.6) is 5.75 Å². The lowest BCUT2D eigenvalue weighted by atomic mass is 9.74. The number of likely N-dealkylation sites (tertiary alicyclic amines) is 1. The van der Waals surface area contributed by atoms with Crippen molar-refractivity contribution < 1.29 is 23.9 Å². The maximum absolute atomic E-state index is 14.1. The number of ether oxygens (including phenoxy) is 2. The zero-order valence-electron chi connectivity index (χ0n) is 22.4. The maximum Gasteiger partial charge on any atom is 0.246 e. The van der Waals surface area contributed by atoms with Crippen LogP contribution in [0.4, 0.5) is 5.69 Å². The third-order valence-corrected chi connectivity index (χ3v) is 8.71. The Kier molecular flexibility index (Phi) is 6.67. The number of carbonyl (C=O) groups excluding carboxylic acids is 3. The highest BCUT2D eigenvalue weighted by atomic mass is 16.5. The Morgan fingerprint density at radius 2 is 1.74 bits per heavy atom. The van der Waals surface area contributed by atoms with Gasteiger partial charge >= 0.3 is 0 Å². The molecule has 3 amide bonds. The Bertz CT molecular complexity index is 1280. The maximum atomic E-state index is 14.1. The third kappa shape index (κ3) is 4.50. The summed E-state index contributed by atoms with van der Waals surface area (Å²) in [5.41, 5.74) is 1.45. The first kappa shape index (κ1) is 25.6. The summed E-state index contributed by atoms with van der Waals surface area (Å²) in [5, 5.41) is 6.20. The Labute approximate surface area is 228 Å². The first-order valence-electron chi connectivity index (χ1n) is 13.9. The second-order valence-corrected chi connectivity index (χ2v) is 11.2. The van der Waals surface area contributed by atoms with Gasteiger partial charge in [0.1, 0.15) is 17.4 Å². The second kappa shape index (κ2) is 10.2. The molecule has 1 spiro atoms. The molecule has 204 valence electrons. The number of aryl methyl sites for hydroxylation is 1. The molecule has 8 nitrogen and oxygen atoms in total. The minimum Gasteiger partial charge on any atom is -0.497 e. The van der Waals surface area contributed by atoms with Crippen molar-refractivity contribution >= 4 is 23.4 Å². The van der Waals surface area contributed by atoms with Gasteiger partial charge in [0.2, 0.25) is 17.7 Å². The van der Waals surface area contributed by atoms with Gasteiger partial charge in [-0.25, -0.2) is 0 Å². The summed E-state index contributed by atoms with van der Waals surface area (Å²) in [5.74, 6) is -1.51. The number of nitrogens with zero attached hydrogens (tertiary/aromatic N) is 1. The molecule has 2 saturated heterocycles. The lowest BCUT2D eigenvalue weighted by Crippen LogP contribution is -2.56. The van der Waals surface area contributed by atoms with Crippen LogP contribution in [0.25, 0.3) is 0 Å². The number of anilines is 1. The molecular weight excluding hydrogens is 494 g/mol. The van der Waals surface area contributed by atoms with Gasteiger partial charge in [0.05, 0.1) is 25.0 Å². The number of methoxy groups -OCH3 is 1. The van der Waals surface area contributed by atoms with Crippen molar-refractivity contribution in [2.75, 3.05) is 12.4 Å². The van der Waals surface area contributed by atoms with Crippen molar-refractivity contribution in [3.8, 4) is 5.75 Å². The van der Waals surface area contributed by atoms with Crippen LogP contribution in [0.1, 0.15) is 43.2 Å². The molecule has 0 unspecified atom stereocenters. The minimum atomic E-state index is -1.18. The van der Waals surface area contributed by atoms with Gasteiger partial charge in [-0.05, 0) is 49.6 Å². The average molecular weight is 530 g/mol. The molecule has 3 fully saturated rings. The fourth-order valence-electron chi connectivity index (χ4n) is 6.75. The van der Waals surface area contributed by atoms with E-state index in [0.29, 0.717) is 11.4 Å². The zero-order chi connectivity index (χ0) is 27.1. The van der Waals surface area contributed by atoms with E-state index >= 15 is 0 Å². The summed E-state index contributed by atoms with van der Waals surface area (Å²) >= 11 is 0. The van der Waals surface area contributed by atoms with Crippen LogP contribution in [0.3, 0.4) is 0 Å². The molecule has 2 bridgehead atoms. The van der Waals surface area contributed by atoms with Crippen LogP contribution in [-0.2, 0) is 25.7 Å². The standard InChI is InChI=1S/C31H35N3O5/c1-19-8-12-22(13-9-19)32-28(35)25-24-16-17-31(39-24)26(25)30(37)34(18-20-10-14-23(38-2)15-11-20)27(31)29(36)33-21-6-4-3-5-7-21/h8-17,21,24-27H,3-7,18H2,1-2H3,(H,32,35)(H,33,36)/t24-,25+,26-,27+,31+/m1/s1. The predicted molar refractivity (Wildman–Crippen MR) is 146 cm³/mol. The fourth-order valence-corrected chi connectivity index (χ4v) is 6.75. The average Bonchev–Trinajstić information content (AvgIpc) is 3.58. The van der Waals surface area contributed by atoms with Crippen molar-refractivity contribution in [1.29, 1.82) is 0 Å². The van der Waals surface area contributed by atoms with E-state index in [1.54, 1.807) is 12.0 Å². The minimum absolute atomic E-state index is 0.0860. The Hall–Kier alpha value is -3.65. The summed E-state index contributed by atoms with van der Waals surface area (Å²) in [7, 11) is 1.60. The molecule has 6 rings (SSSR count). The quantitative estimate of drug-likeness (QED) is 0.533. The first-order valence-corrected chi connectivity index (χ1v) is 13.9. The molecule has 2 aromatic carbocycles. The number of hydrogen-bond acceptors (Lipinski definition) is 5. The highest BCUT2D eigenvalue weighted by Gasteiger charge is 2.72. The fraction of sp³-hybridized carbons (Fsp3) is 0.452. The van der Waals surface area contributed by atoms with Crippen molar-refractivity contribution in [3.05, 3.63) is 71.8 Å². The largest absolute Gasteiger partial charge is 0.497 e. The van der Waals surface area contributed by atoms with Crippen molar-refractivity contribution in [2.45, 2.75) is 69.4 Å². The molecule has 1 aliphatic carbocycles. The molecular formula is C31H35N3O5. The topological polar surface area (TPSA) is 97.0 Å². The molecule has 8 heteroatoms. The monoisotopic (exact) mass is 529 g/mol. The summed E-state index contributed by atoms with van der Waals surface area (Å²) in [6.45, 7) is 2.22. The van der Waals surface area contributed by atoms with Crippen molar-refractivity contribution in [1.82, 2.24) is 10.2 Å². The van der Waals surface area contributed by atoms with Gasteiger partial charge in [-0.3, -0.25) is 14.4 Å². The third-order valence-electron chi connectivity index (χ3n) is 8.71. The molecule has 39 heavy (non-hydrogen) atoms. The molecule has 2 N–H and O–H groups in total. The van der Waals surface area contributed by atoms with Crippen LogP contribution in [0.15, 0.2) is 60.7 Å². The highest BCUT2D eigenvalue weighted by molar-refractivity contribution is 6.02. The number of fused-ring (bicyclic) bond motifs is 1. The normalized spacial score (nSPS) is 29.4. The van der Waals surface area contributed by atoms with E-state index in [4.69, 9.17) is 9.47 Å². The number of nitrogens with one attached hydrogen (secondary N) is 2. The molecule has 2 aromatic rings. The molecule has 4 aliphatic rings. The SMILES string of the molecule is COc1ccc(CN2C(=O)[C@H]3[C@@H](C(=O)Nc4ccc(C)cc4)[C@H]4C=C[C@@]3(O4)[C@@H]2C(=O)NC2CCCCC2)cc1. The summed E-state index contributed by atoms with van der Waals surface area (Å²) < 4.78 is 11.7. The lowest BCUT2D eigenvalue weighted by Gasteiger charge is -2.34. The molecule has 0 aromatic heterocycles. The van der Waals surface area contributed by atoms with E-state index < -0.39 is 29.6 Å². The summed E-state index contributed by atoms with van der Waals surface area (Å²) in [6.07, 6.45) is 8.35. The highest BCUT2D eigenvalue weighted by Crippen LogP contribution is 2.55. The number of carbonyl (C=O) groups is 3. The van der Waals surface area contributed by atoms with Gasteiger partial charge in [-0.1, -0.05) is 61.2 Å². The van der Waals surface area contributed by atoms with Crippen LogP contribution in [-0.4, -0.2) is 53.5 Å². The second-order valence-electron chi connectivity index (χ2n) is 11.2. The zero-order valence-corrected chi connectivity index (χ0v) is 22.4. The Morgan fingerprint density at radius 3 is 2.44 bits per heavy atom. The molecule has 3 heterocycles. The van der Waals surface area contributed by atoms with E-state index in [1.165, 1.54) is 6.42 Å². The Morgan fingerprint density at radius 1 is 1.03 bits per heavy atom. The van der Waals surface area contributed by atoms with E-state index in [-0.39, 0.29) is 30.3 Å². The molecule has 1 saturated carbocycles. The van der Waals surface area contributed by atoms with E-state index in [0.717, 1.165) is 36.8 Å². The number of rotatable bonds is 7. The molecule has 0 radical (unpaired) electrons. The van der Waals surface area contributed by atoms with Gasteiger partial charge in [0.15, 0.2) is 0 Å². The van der Waals surface area contributed by atoms with Crippen LogP contribution in [0.2, 0.25) is 0 Å². The van der Waals surface area contributed by atoms with Gasteiger partial charge in [-0.2, -0.15) is 0 Å². The predicted octanol–water partition coefficient (Wildman–Crippen LogP) is 3.74. The summed E-state index contributed by atoms with van der Waals surface area (Å²) in [6, 6.07) is 14.2. The smallest absolute Gasteiger partial charge is 0.246 e.